The van der Waals surface area contributed by atoms with E-state index in [9.17, 15) is 9.59 Å². The second kappa shape index (κ2) is 6.92. The Hall–Kier alpha value is -1.88. The molecule has 1 saturated heterocycles. The number of hydrogen-bond donors (Lipinski definition) is 1. The molecule has 2 fully saturated rings. The molecule has 1 saturated carbocycles. The summed E-state index contributed by atoms with van der Waals surface area (Å²) in [7, 11) is 0. The van der Waals surface area contributed by atoms with Crippen LogP contribution in [-0.2, 0) is 20.7 Å². The lowest BCUT2D eigenvalue weighted by Crippen LogP contribution is -2.41. The summed E-state index contributed by atoms with van der Waals surface area (Å²) in [5.74, 6) is 0.431. The molecule has 0 unspecified atom stereocenters. The average molecular weight is 302 g/mol. The minimum atomic E-state index is 0.114. The monoisotopic (exact) mass is 302 g/mol. The van der Waals surface area contributed by atoms with Gasteiger partial charge >= 0.3 is 0 Å². The Morgan fingerprint density at radius 2 is 1.82 bits per heavy atom. The van der Waals surface area contributed by atoms with Gasteiger partial charge in [-0.1, -0.05) is 18.6 Å². The number of hydrogen-bond acceptors (Lipinski definition) is 3. The van der Waals surface area contributed by atoms with Gasteiger partial charge in [-0.2, -0.15) is 0 Å². The zero-order valence-electron chi connectivity index (χ0n) is 12.7. The van der Waals surface area contributed by atoms with E-state index in [1.54, 1.807) is 0 Å². The fourth-order valence-corrected chi connectivity index (χ4v) is 2.72. The molecule has 0 spiro atoms. The van der Waals surface area contributed by atoms with Crippen molar-refractivity contribution >= 4 is 17.5 Å². The molecule has 0 radical (unpaired) electrons. The predicted octanol–water partition coefficient (Wildman–Crippen LogP) is 1.83. The number of carbonyl (C=O) groups excluding carboxylic acids is 2. The molecule has 2 aliphatic rings. The maximum atomic E-state index is 12.2. The third kappa shape index (κ3) is 3.65. The molecular formula is C17H22N2O3. The van der Waals surface area contributed by atoms with E-state index in [1.807, 2.05) is 29.2 Å². The molecule has 1 aliphatic heterocycles. The molecule has 1 aromatic rings. The molecule has 22 heavy (non-hydrogen) atoms. The minimum absolute atomic E-state index is 0.114. The van der Waals surface area contributed by atoms with Crippen LogP contribution in [0.15, 0.2) is 24.3 Å². The average Bonchev–Trinajstić information content (AvgIpc) is 2.48. The molecule has 5 heteroatoms. The van der Waals surface area contributed by atoms with Gasteiger partial charge in [-0.15, -0.1) is 0 Å². The van der Waals surface area contributed by atoms with E-state index in [1.165, 1.54) is 0 Å². The van der Waals surface area contributed by atoms with Gasteiger partial charge in [-0.25, -0.2) is 0 Å². The summed E-state index contributed by atoms with van der Waals surface area (Å²) >= 11 is 0. The number of benzene rings is 1. The van der Waals surface area contributed by atoms with Gasteiger partial charge in [0.15, 0.2) is 0 Å². The summed E-state index contributed by atoms with van der Waals surface area (Å²) in [6.07, 6.45) is 3.55. The summed E-state index contributed by atoms with van der Waals surface area (Å²) in [5.41, 5.74) is 1.78. The van der Waals surface area contributed by atoms with Crippen molar-refractivity contribution in [1.82, 2.24) is 4.90 Å². The van der Waals surface area contributed by atoms with E-state index in [-0.39, 0.29) is 17.7 Å². The lowest BCUT2D eigenvalue weighted by molar-refractivity contribution is -0.134. The topological polar surface area (TPSA) is 58.6 Å². The first kappa shape index (κ1) is 15.0. The highest BCUT2D eigenvalue weighted by Crippen LogP contribution is 2.27. The van der Waals surface area contributed by atoms with Crippen LogP contribution in [0.3, 0.4) is 0 Å². The van der Waals surface area contributed by atoms with Gasteiger partial charge in [0.1, 0.15) is 0 Å². The van der Waals surface area contributed by atoms with Crippen LogP contribution in [0.5, 0.6) is 0 Å². The zero-order chi connectivity index (χ0) is 15.4. The highest BCUT2D eigenvalue weighted by atomic mass is 16.5. The molecule has 5 nitrogen and oxygen atoms in total. The first-order valence-electron chi connectivity index (χ1n) is 7.98. The maximum absolute atomic E-state index is 12.2. The van der Waals surface area contributed by atoms with Crippen LogP contribution in [0.2, 0.25) is 0 Å². The summed E-state index contributed by atoms with van der Waals surface area (Å²) in [5, 5.41) is 2.94. The van der Waals surface area contributed by atoms with E-state index >= 15 is 0 Å². The summed E-state index contributed by atoms with van der Waals surface area (Å²) < 4.78 is 5.25. The van der Waals surface area contributed by atoms with E-state index in [4.69, 9.17) is 4.74 Å². The quantitative estimate of drug-likeness (QED) is 0.923. The molecule has 0 aromatic heterocycles. The van der Waals surface area contributed by atoms with Crippen molar-refractivity contribution in [2.75, 3.05) is 31.6 Å². The van der Waals surface area contributed by atoms with Crippen molar-refractivity contribution in [2.24, 2.45) is 5.92 Å². The lowest BCUT2D eigenvalue weighted by Gasteiger charge is -2.27. The number of morpholine rings is 1. The van der Waals surface area contributed by atoms with E-state index in [2.05, 4.69) is 5.32 Å². The number of carbonyl (C=O) groups is 2. The molecule has 1 N–H and O–H groups in total. The second-order valence-electron chi connectivity index (χ2n) is 5.98. The van der Waals surface area contributed by atoms with Crippen LogP contribution in [0.25, 0.3) is 0 Å². The predicted molar refractivity (Wildman–Crippen MR) is 83.5 cm³/mol. The highest BCUT2D eigenvalue weighted by Gasteiger charge is 2.25. The maximum Gasteiger partial charge on any atom is 0.227 e. The lowest BCUT2D eigenvalue weighted by atomic mass is 9.85. The largest absolute Gasteiger partial charge is 0.378 e. The van der Waals surface area contributed by atoms with Gasteiger partial charge in [-0.05, 0) is 30.5 Å². The molecule has 0 bridgehead atoms. The van der Waals surface area contributed by atoms with E-state index < -0.39 is 0 Å². The molecule has 3 rings (SSSR count). The van der Waals surface area contributed by atoms with E-state index in [0.29, 0.717) is 32.7 Å². The fraction of sp³-hybridized carbons (Fsp3) is 0.529. The van der Waals surface area contributed by atoms with Crippen LogP contribution in [0.4, 0.5) is 5.69 Å². The van der Waals surface area contributed by atoms with Gasteiger partial charge in [0.2, 0.25) is 11.8 Å². The Kier molecular flexibility index (Phi) is 4.73. The second-order valence-corrected chi connectivity index (χ2v) is 5.98. The van der Waals surface area contributed by atoms with Gasteiger partial charge in [0, 0.05) is 24.7 Å². The van der Waals surface area contributed by atoms with Crippen molar-refractivity contribution in [3.63, 3.8) is 0 Å². The third-order valence-corrected chi connectivity index (χ3v) is 4.42. The smallest absolute Gasteiger partial charge is 0.227 e. The van der Waals surface area contributed by atoms with Crippen LogP contribution in [0, 0.1) is 5.92 Å². The van der Waals surface area contributed by atoms with E-state index in [0.717, 1.165) is 30.5 Å². The number of nitrogens with one attached hydrogen (secondary N) is 1. The van der Waals surface area contributed by atoms with Gasteiger partial charge in [0.25, 0.3) is 0 Å². The number of ether oxygens (including phenoxy) is 1. The molecular weight excluding hydrogens is 280 g/mol. The van der Waals surface area contributed by atoms with Crippen molar-refractivity contribution in [2.45, 2.75) is 25.7 Å². The Balaban J connectivity index is 1.52. The Bertz CT molecular complexity index is 531. The Morgan fingerprint density at radius 1 is 1.14 bits per heavy atom. The van der Waals surface area contributed by atoms with Crippen molar-refractivity contribution < 1.29 is 14.3 Å². The molecule has 1 aliphatic carbocycles. The van der Waals surface area contributed by atoms with Gasteiger partial charge in [-0.3, -0.25) is 9.59 Å². The summed E-state index contributed by atoms with van der Waals surface area (Å²) in [6, 6.07) is 7.57. The number of amides is 2. The SMILES string of the molecule is O=C(Nc1ccc(CC(=O)N2CCOCC2)cc1)C1CCC1. The first-order chi connectivity index (χ1) is 10.7. The van der Waals surface area contributed by atoms with Gasteiger partial charge < -0.3 is 15.0 Å². The summed E-state index contributed by atoms with van der Waals surface area (Å²) in [6.45, 7) is 2.60. The van der Waals surface area contributed by atoms with Crippen LogP contribution >= 0.6 is 0 Å². The number of nitrogens with zero attached hydrogens (tertiary/aromatic N) is 1. The van der Waals surface area contributed by atoms with Crippen LogP contribution < -0.4 is 5.32 Å². The Morgan fingerprint density at radius 3 is 2.41 bits per heavy atom. The number of rotatable bonds is 4. The van der Waals surface area contributed by atoms with Crippen molar-refractivity contribution in [3.8, 4) is 0 Å². The zero-order valence-corrected chi connectivity index (χ0v) is 12.7. The normalized spacial score (nSPS) is 18.6. The third-order valence-electron chi connectivity index (χ3n) is 4.42. The molecule has 1 heterocycles. The standard InChI is InChI=1S/C17H22N2O3/c20-16(19-8-10-22-11-9-19)12-13-4-6-15(7-5-13)18-17(21)14-2-1-3-14/h4-7,14H,1-3,8-12H2,(H,18,21). The summed E-state index contributed by atoms with van der Waals surface area (Å²) in [4.78, 5) is 25.9. The molecule has 2 amide bonds. The number of anilines is 1. The fourth-order valence-electron chi connectivity index (χ4n) is 2.72. The minimum Gasteiger partial charge on any atom is -0.378 e. The molecule has 0 atom stereocenters. The van der Waals surface area contributed by atoms with Crippen LogP contribution in [0.1, 0.15) is 24.8 Å². The van der Waals surface area contributed by atoms with Crippen LogP contribution in [-0.4, -0.2) is 43.0 Å². The van der Waals surface area contributed by atoms with Crippen molar-refractivity contribution in [3.05, 3.63) is 29.8 Å². The molecule has 1 aromatic carbocycles. The van der Waals surface area contributed by atoms with Gasteiger partial charge in [0.05, 0.1) is 19.6 Å². The first-order valence-corrected chi connectivity index (χ1v) is 7.98. The molecule has 118 valence electrons. The Labute approximate surface area is 130 Å². The van der Waals surface area contributed by atoms with Crippen molar-refractivity contribution in [1.29, 1.82) is 0 Å². The highest BCUT2D eigenvalue weighted by molar-refractivity contribution is 5.93.